The molecule has 3 heterocycles. The maximum Gasteiger partial charge on any atom is 0.341 e. The Kier molecular flexibility index (Phi) is 3.19. The van der Waals surface area contributed by atoms with Gasteiger partial charge in [-0.1, -0.05) is 6.58 Å². The van der Waals surface area contributed by atoms with Crippen molar-refractivity contribution < 1.29 is 9.53 Å². The number of esters is 1. The summed E-state index contributed by atoms with van der Waals surface area (Å²) in [5, 5.41) is 4.34. The molecular weight excluding hydrogens is 268 g/mol. The molecule has 3 aromatic rings. The fourth-order valence-corrected chi connectivity index (χ4v) is 2.07. The zero-order valence-corrected chi connectivity index (χ0v) is 11.4. The van der Waals surface area contributed by atoms with Crippen LogP contribution in [0.1, 0.15) is 16.2 Å². The summed E-state index contributed by atoms with van der Waals surface area (Å²) in [6, 6.07) is 7.21. The zero-order chi connectivity index (χ0) is 14.8. The average molecular weight is 280 g/mol. The van der Waals surface area contributed by atoms with Crippen molar-refractivity contribution in [3.05, 3.63) is 54.6 Å². The predicted octanol–water partition coefficient (Wildman–Crippen LogP) is 2.22. The van der Waals surface area contributed by atoms with Crippen molar-refractivity contribution in [2.45, 2.75) is 0 Å². The largest absolute Gasteiger partial charge is 0.465 e. The molecule has 0 aliphatic heterocycles. The van der Waals surface area contributed by atoms with Gasteiger partial charge in [0.15, 0.2) is 11.5 Å². The normalized spacial score (nSPS) is 10.5. The van der Waals surface area contributed by atoms with E-state index in [1.165, 1.54) is 13.2 Å². The molecule has 0 aromatic carbocycles. The van der Waals surface area contributed by atoms with Gasteiger partial charge in [0.1, 0.15) is 5.56 Å². The van der Waals surface area contributed by atoms with E-state index >= 15 is 0 Å². The summed E-state index contributed by atoms with van der Waals surface area (Å²) >= 11 is 0. The second kappa shape index (κ2) is 5.16. The second-order valence-corrected chi connectivity index (χ2v) is 4.27. The minimum absolute atomic E-state index is 0.357. The quantitative estimate of drug-likeness (QED) is 0.688. The van der Waals surface area contributed by atoms with Crippen LogP contribution in [0.3, 0.4) is 0 Å². The monoisotopic (exact) mass is 280 g/mol. The molecule has 0 spiro atoms. The van der Waals surface area contributed by atoms with Crippen LogP contribution in [0.5, 0.6) is 0 Å². The van der Waals surface area contributed by atoms with Crippen LogP contribution in [0.15, 0.2) is 43.2 Å². The Morgan fingerprint density at radius 3 is 2.71 bits per heavy atom. The average Bonchev–Trinajstić information content (AvgIpc) is 2.98. The summed E-state index contributed by atoms with van der Waals surface area (Å²) in [4.78, 5) is 20.1. The number of rotatable bonds is 3. The lowest BCUT2D eigenvalue weighted by molar-refractivity contribution is 0.0602. The molecule has 0 aliphatic carbocycles. The van der Waals surface area contributed by atoms with Crippen molar-refractivity contribution in [1.29, 1.82) is 0 Å². The standard InChI is InChI=1S/C15H12N4O2/c1-3-13-17-14-11(15(20)21-2)4-5-12(19(14)18-13)10-6-8-16-9-7-10/h3-9H,1H2,2H3. The Labute approximate surface area is 120 Å². The molecule has 104 valence electrons. The summed E-state index contributed by atoms with van der Waals surface area (Å²) in [5.74, 6) is -0.00838. The molecule has 0 amide bonds. The highest BCUT2D eigenvalue weighted by Gasteiger charge is 2.17. The van der Waals surface area contributed by atoms with Crippen molar-refractivity contribution in [1.82, 2.24) is 19.6 Å². The Bertz CT molecular complexity index is 824. The summed E-state index contributed by atoms with van der Waals surface area (Å²) in [5.41, 5.74) is 2.52. The van der Waals surface area contributed by atoms with Gasteiger partial charge in [0.05, 0.1) is 12.8 Å². The van der Waals surface area contributed by atoms with Gasteiger partial charge < -0.3 is 4.74 Å². The molecule has 0 radical (unpaired) electrons. The van der Waals surface area contributed by atoms with E-state index in [-0.39, 0.29) is 0 Å². The number of aromatic nitrogens is 4. The van der Waals surface area contributed by atoms with Gasteiger partial charge in [-0.05, 0) is 30.3 Å². The van der Waals surface area contributed by atoms with Crippen molar-refractivity contribution in [2.24, 2.45) is 0 Å². The molecule has 0 saturated heterocycles. The SMILES string of the molecule is C=Cc1nc2c(C(=O)OC)ccc(-c3ccncc3)n2n1. The summed E-state index contributed by atoms with van der Waals surface area (Å²) in [6.45, 7) is 3.66. The van der Waals surface area contributed by atoms with Crippen LogP contribution in [0, 0.1) is 0 Å². The number of carbonyl (C=O) groups excluding carboxylic acids is 1. The van der Waals surface area contributed by atoms with E-state index in [2.05, 4.69) is 21.6 Å². The Hall–Kier alpha value is -3.02. The Morgan fingerprint density at radius 2 is 2.05 bits per heavy atom. The van der Waals surface area contributed by atoms with Crippen molar-refractivity contribution in [3.8, 4) is 11.3 Å². The first-order chi connectivity index (χ1) is 10.2. The van der Waals surface area contributed by atoms with E-state index in [0.717, 1.165) is 11.3 Å². The molecule has 0 atom stereocenters. The van der Waals surface area contributed by atoms with Gasteiger partial charge in [0.25, 0.3) is 0 Å². The van der Waals surface area contributed by atoms with Crippen molar-refractivity contribution >= 4 is 17.7 Å². The lowest BCUT2D eigenvalue weighted by atomic mass is 10.1. The smallest absolute Gasteiger partial charge is 0.341 e. The molecule has 0 saturated carbocycles. The van der Waals surface area contributed by atoms with Crippen LogP contribution in [0.4, 0.5) is 0 Å². The van der Waals surface area contributed by atoms with Crippen LogP contribution in [0.25, 0.3) is 23.0 Å². The number of ether oxygens (including phenoxy) is 1. The molecule has 6 heteroatoms. The van der Waals surface area contributed by atoms with Crippen molar-refractivity contribution in [3.63, 3.8) is 0 Å². The lowest BCUT2D eigenvalue weighted by Crippen LogP contribution is -2.06. The van der Waals surface area contributed by atoms with E-state index in [1.54, 1.807) is 29.0 Å². The molecule has 3 rings (SSSR count). The summed E-state index contributed by atoms with van der Waals surface area (Å²) < 4.78 is 6.39. The van der Waals surface area contributed by atoms with Gasteiger partial charge >= 0.3 is 5.97 Å². The number of pyridine rings is 2. The molecular formula is C15H12N4O2. The number of carbonyl (C=O) groups is 1. The number of hydrogen-bond acceptors (Lipinski definition) is 5. The molecule has 3 aromatic heterocycles. The van der Waals surface area contributed by atoms with E-state index in [1.807, 2.05) is 12.1 Å². The summed E-state index contributed by atoms with van der Waals surface area (Å²) in [7, 11) is 1.33. The maximum atomic E-state index is 11.8. The van der Waals surface area contributed by atoms with Crippen LogP contribution in [-0.4, -0.2) is 32.7 Å². The molecule has 6 nitrogen and oxygen atoms in total. The Morgan fingerprint density at radius 1 is 1.29 bits per heavy atom. The first-order valence-electron chi connectivity index (χ1n) is 6.25. The zero-order valence-electron chi connectivity index (χ0n) is 11.4. The van der Waals surface area contributed by atoms with Crippen LogP contribution in [0.2, 0.25) is 0 Å². The van der Waals surface area contributed by atoms with E-state index in [9.17, 15) is 4.79 Å². The molecule has 0 unspecified atom stereocenters. The number of fused-ring (bicyclic) bond motifs is 1. The van der Waals surface area contributed by atoms with Gasteiger partial charge in [-0.25, -0.2) is 14.3 Å². The topological polar surface area (TPSA) is 69.4 Å². The van der Waals surface area contributed by atoms with Crippen LogP contribution >= 0.6 is 0 Å². The number of hydrogen-bond donors (Lipinski definition) is 0. The molecule has 0 aliphatic rings. The van der Waals surface area contributed by atoms with E-state index in [0.29, 0.717) is 17.0 Å². The number of nitrogens with zero attached hydrogens (tertiary/aromatic N) is 4. The molecule has 0 fully saturated rings. The van der Waals surface area contributed by atoms with Crippen LogP contribution < -0.4 is 0 Å². The first kappa shape index (κ1) is 13.0. The first-order valence-corrected chi connectivity index (χ1v) is 6.25. The molecule has 0 bridgehead atoms. The third kappa shape index (κ3) is 2.16. The highest BCUT2D eigenvalue weighted by molar-refractivity contribution is 5.96. The molecule has 21 heavy (non-hydrogen) atoms. The van der Waals surface area contributed by atoms with Gasteiger partial charge in [-0.2, -0.15) is 0 Å². The van der Waals surface area contributed by atoms with Gasteiger partial charge in [-0.15, -0.1) is 5.10 Å². The minimum Gasteiger partial charge on any atom is -0.465 e. The van der Waals surface area contributed by atoms with Crippen molar-refractivity contribution in [2.75, 3.05) is 7.11 Å². The van der Waals surface area contributed by atoms with Gasteiger partial charge in [0, 0.05) is 18.0 Å². The fourth-order valence-electron chi connectivity index (χ4n) is 2.07. The Balaban J connectivity index is 2.31. The number of methoxy groups -OCH3 is 1. The van der Waals surface area contributed by atoms with Gasteiger partial charge in [-0.3, -0.25) is 4.98 Å². The summed E-state index contributed by atoms with van der Waals surface area (Å²) in [6.07, 6.45) is 4.92. The third-order valence-corrected chi connectivity index (χ3v) is 3.06. The lowest BCUT2D eigenvalue weighted by Gasteiger charge is -2.06. The molecule has 0 N–H and O–H groups in total. The second-order valence-electron chi connectivity index (χ2n) is 4.27. The van der Waals surface area contributed by atoms with Gasteiger partial charge in [0.2, 0.25) is 0 Å². The van der Waals surface area contributed by atoms with E-state index in [4.69, 9.17) is 4.74 Å². The highest BCUT2D eigenvalue weighted by atomic mass is 16.5. The fraction of sp³-hybridized carbons (Fsp3) is 0.0667. The predicted molar refractivity (Wildman–Crippen MR) is 77.6 cm³/mol. The maximum absolute atomic E-state index is 11.8. The minimum atomic E-state index is -0.454. The third-order valence-electron chi connectivity index (χ3n) is 3.06. The van der Waals surface area contributed by atoms with E-state index < -0.39 is 5.97 Å². The van der Waals surface area contributed by atoms with Crippen LogP contribution in [-0.2, 0) is 4.74 Å². The highest BCUT2D eigenvalue weighted by Crippen LogP contribution is 2.22.